The summed E-state index contributed by atoms with van der Waals surface area (Å²) >= 11 is 1.48. The number of esters is 1. The van der Waals surface area contributed by atoms with Crippen molar-refractivity contribution < 1.29 is 14.3 Å². The Labute approximate surface area is 157 Å². The Bertz CT molecular complexity index is 726. The zero-order valence-corrected chi connectivity index (χ0v) is 16.2. The molecule has 8 nitrogen and oxygen atoms in total. The van der Waals surface area contributed by atoms with Crippen molar-refractivity contribution in [2.75, 3.05) is 12.4 Å². The van der Waals surface area contributed by atoms with E-state index in [1.807, 2.05) is 6.92 Å². The topological polar surface area (TPSA) is 98.1 Å². The van der Waals surface area contributed by atoms with Crippen LogP contribution in [0.25, 0.3) is 0 Å². The van der Waals surface area contributed by atoms with Crippen molar-refractivity contribution >= 4 is 23.8 Å². The van der Waals surface area contributed by atoms with E-state index in [4.69, 9.17) is 4.74 Å². The van der Waals surface area contributed by atoms with E-state index in [2.05, 4.69) is 32.3 Å². The lowest BCUT2D eigenvalue weighted by atomic mass is 10.0. The molecule has 1 aliphatic carbocycles. The van der Waals surface area contributed by atoms with Crippen LogP contribution >= 0.6 is 11.8 Å². The van der Waals surface area contributed by atoms with E-state index < -0.39 is 5.97 Å². The third-order valence-electron chi connectivity index (χ3n) is 4.50. The van der Waals surface area contributed by atoms with Crippen LogP contribution in [0.15, 0.2) is 16.4 Å². The number of thioether (sulfide) groups is 1. The molecule has 1 fully saturated rings. The van der Waals surface area contributed by atoms with Crippen molar-refractivity contribution in [1.29, 1.82) is 0 Å². The van der Waals surface area contributed by atoms with Gasteiger partial charge in [0.2, 0.25) is 0 Å². The molecule has 1 atom stereocenters. The van der Waals surface area contributed by atoms with E-state index in [0.29, 0.717) is 36.0 Å². The number of nitrogens with one attached hydrogen (secondary N) is 2. The predicted octanol–water partition coefficient (Wildman–Crippen LogP) is 2.18. The smallest absolute Gasteiger partial charge is 0.337 e. The van der Waals surface area contributed by atoms with Gasteiger partial charge in [-0.1, -0.05) is 18.7 Å². The molecule has 2 amide bonds. The molecule has 0 spiro atoms. The zero-order chi connectivity index (χ0) is 18.7. The maximum atomic E-state index is 12.4. The summed E-state index contributed by atoms with van der Waals surface area (Å²) in [4.78, 5) is 24.4. The maximum Gasteiger partial charge on any atom is 0.337 e. The first-order valence-corrected chi connectivity index (χ1v) is 10.1. The van der Waals surface area contributed by atoms with E-state index >= 15 is 0 Å². The fourth-order valence-corrected chi connectivity index (χ4v) is 4.04. The molecule has 0 saturated heterocycles. The molecular formula is C17H25N5O3S. The highest BCUT2D eigenvalue weighted by atomic mass is 32.2. The highest BCUT2D eigenvalue weighted by Gasteiger charge is 2.33. The van der Waals surface area contributed by atoms with Gasteiger partial charge in [0, 0.05) is 23.9 Å². The first kappa shape index (κ1) is 18.8. The van der Waals surface area contributed by atoms with Crippen molar-refractivity contribution in [2.45, 2.75) is 63.7 Å². The number of carbonyl (C=O) groups excluding carboxylic acids is 2. The molecule has 3 rings (SSSR count). The minimum atomic E-state index is -0.391. The molecular weight excluding hydrogens is 354 g/mol. The number of ether oxygens (including phenoxy) is 1. The lowest BCUT2D eigenvalue weighted by Gasteiger charge is -2.28. The lowest BCUT2D eigenvalue weighted by Crippen LogP contribution is -2.50. The zero-order valence-electron chi connectivity index (χ0n) is 15.4. The Hall–Kier alpha value is -2.03. The Morgan fingerprint density at radius 2 is 2.08 bits per heavy atom. The summed E-state index contributed by atoms with van der Waals surface area (Å²) in [6.45, 7) is 6.86. The van der Waals surface area contributed by atoms with Crippen LogP contribution in [-0.2, 0) is 16.1 Å². The van der Waals surface area contributed by atoms with Crippen LogP contribution in [0.5, 0.6) is 0 Å². The van der Waals surface area contributed by atoms with Gasteiger partial charge in [-0.3, -0.25) is 0 Å². The van der Waals surface area contributed by atoms with Crippen molar-refractivity contribution in [3.63, 3.8) is 0 Å². The van der Waals surface area contributed by atoms with Gasteiger partial charge >= 0.3 is 12.0 Å². The van der Waals surface area contributed by atoms with Crippen LogP contribution in [-0.4, -0.2) is 45.2 Å². The lowest BCUT2D eigenvalue weighted by molar-refractivity contribution is -0.139. The Morgan fingerprint density at radius 1 is 1.31 bits per heavy atom. The molecule has 2 N–H and O–H groups in total. The van der Waals surface area contributed by atoms with Crippen LogP contribution in [0.2, 0.25) is 0 Å². The normalized spacial score (nSPS) is 20.0. The summed E-state index contributed by atoms with van der Waals surface area (Å²) in [5.74, 6) is 1.60. The maximum absolute atomic E-state index is 12.4. The van der Waals surface area contributed by atoms with E-state index in [-0.39, 0.29) is 12.1 Å². The average molecular weight is 379 g/mol. The van der Waals surface area contributed by atoms with Crippen molar-refractivity contribution in [2.24, 2.45) is 0 Å². The SMILES string of the molecule is CCOC(=O)C1=C(CSc2nnc(C3CC3)n2CC)NC(=O)N[C@@H]1CC. The molecule has 9 heteroatoms. The quantitative estimate of drug-likeness (QED) is 0.531. The summed E-state index contributed by atoms with van der Waals surface area (Å²) in [5.41, 5.74) is 1.08. The third kappa shape index (κ3) is 3.87. The number of aromatic nitrogens is 3. The Balaban J connectivity index is 1.82. The van der Waals surface area contributed by atoms with Gasteiger partial charge in [-0.2, -0.15) is 0 Å². The number of carbonyl (C=O) groups is 2. The van der Waals surface area contributed by atoms with E-state index in [1.165, 1.54) is 24.6 Å². The second kappa shape index (κ2) is 8.11. The first-order chi connectivity index (χ1) is 12.6. The molecule has 0 radical (unpaired) electrons. The number of nitrogens with zero attached hydrogens (tertiary/aromatic N) is 3. The van der Waals surface area contributed by atoms with Crippen molar-refractivity contribution in [3.05, 3.63) is 17.1 Å². The fourth-order valence-electron chi connectivity index (χ4n) is 3.06. The van der Waals surface area contributed by atoms with Crippen molar-refractivity contribution in [1.82, 2.24) is 25.4 Å². The summed E-state index contributed by atoms with van der Waals surface area (Å²) in [5, 5.41) is 15.0. The fraction of sp³-hybridized carbons (Fsp3) is 0.647. The van der Waals surface area contributed by atoms with Gasteiger partial charge in [0.15, 0.2) is 5.16 Å². The third-order valence-corrected chi connectivity index (χ3v) is 5.49. The first-order valence-electron chi connectivity index (χ1n) is 9.12. The summed E-state index contributed by atoms with van der Waals surface area (Å²) in [7, 11) is 0. The second-order valence-electron chi connectivity index (χ2n) is 6.32. The van der Waals surface area contributed by atoms with Gasteiger partial charge in [-0.05, 0) is 33.1 Å². The molecule has 0 aromatic carbocycles. The van der Waals surface area contributed by atoms with Gasteiger partial charge in [0.25, 0.3) is 0 Å². The summed E-state index contributed by atoms with van der Waals surface area (Å²) in [6, 6.07) is -0.638. The molecule has 0 unspecified atom stereocenters. The minimum absolute atomic E-state index is 0.294. The minimum Gasteiger partial charge on any atom is -0.463 e. The molecule has 2 heterocycles. The molecule has 142 valence electrons. The summed E-state index contributed by atoms with van der Waals surface area (Å²) in [6.07, 6.45) is 2.95. The predicted molar refractivity (Wildman–Crippen MR) is 97.8 cm³/mol. The highest BCUT2D eigenvalue weighted by Crippen LogP contribution is 2.40. The van der Waals surface area contributed by atoms with Crippen LogP contribution in [0, 0.1) is 0 Å². The molecule has 1 aliphatic heterocycles. The van der Waals surface area contributed by atoms with E-state index in [0.717, 1.165) is 17.5 Å². The number of amides is 2. The van der Waals surface area contributed by atoms with Gasteiger partial charge in [-0.15, -0.1) is 10.2 Å². The number of rotatable bonds is 8. The van der Waals surface area contributed by atoms with Crippen LogP contribution in [0.1, 0.15) is 51.8 Å². The number of urea groups is 1. The molecule has 0 bridgehead atoms. The monoisotopic (exact) mass is 379 g/mol. The Morgan fingerprint density at radius 3 is 2.69 bits per heavy atom. The largest absolute Gasteiger partial charge is 0.463 e. The highest BCUT2D eigenvalue weighted by molar-refractivity contribution is 7.99. The van der Waals surface area contributed by atoms with Gasteiger partial charge in [0.05, 0.1) is 18.2 Å². The van der Waals surface area contributed by atoms with Crippen LogP contribution < -0.4 is 10.6 Å². The van der Waals surface area contributed by atoms with Crippen LogP contribution in [0.3, 0.4) is 0 Å². The molecule has 2 aliphatic rings. The Kier molecular flexibility index (Phi) is 5.85. The van der Waals surface area contributed by atoms with Gasteiger partial charge in [0.1, 0.15) is 5.82 Å². The molecule has 1 saturated carbocycles. The van der Waals surface area contributed by atoms with E-state index in [1.54, 1.807) is 6.92 Å². The van der Waals surface area contributed by atoms with Gasteiger partial charge in [-0.25, -0.2) is 9.59 Å². The molecule has 26 heavy (non-hydrogen) atoms. The summed E-state index contributed by atoms with van der Waals surface area (Å²) < 4.78 is 7.31. The number of hydrogen-bond acceptors (Lipinski definition) is 6. The standard InChI is InChI=1S/C17H25N5O3S/c1-4-11-13(15(23)25-6-3)12(19-16(24)18-11)9-26-17-21-20-14(10-7-8-10)22(17)5-2/h10-11H,4-9H2,1-3H3,(H2,18,19,24)/t11-/m1/s1. The molecule has 1 aromatic rings. The molecule has 1 aromatic heterocycles. The average Bonchev–Trinajstić information content (AvgIpc) is 3.39. The van der Waals surface area contributed by atoms with Crippen molar-refractivity contribution in [3.8, 4) is 0 Å². The van der Waals surface area contributed by atoms with E-state index in [9.17, 15) is 9.59 Å². The number of hydrogen-bond donors (Lipinski definition) is 2. The van der Waals surface area contributed by atoms with Gasteiger partial charge < -0.3 is 19.9 Å². The second-order valence-corrected chi connectivity index (χ2v) is 7.26. The van der Waals surface area contributed by atoms with Crippen LogP contribution in [0.4, 0.5) is 4.79 Å².